The first-order valence-corrected chi connectivity index (χ1v) is 7.80. The number of likely N-dealkylation sites (tertiary alicyclic amines) is 1. The summed E-state index contributed by atoms with van der Waals surface area (Å²) in [5.41, 5.74) is 0.654. The van der Waals surface area contributed by atoms with Gasteiger partial charge in [-0.1, -0.05) is 15.9 Å². The molecule has 0 bridgehead atoms. The first kappa shape index (κ1) is 15.3. The minimum Gasteiger partial charge on any atom is -0.481 e. The molecule has 1 aromatic rings. The number of aliphatic carboxylic acids is 1. The van der Waals surface area contributed by atoms with Gasteiger partial charge in [0.15, 0.2) is 0 Å². The first-order chi connectivity index (χ1) is 9.47. The largest absolute Gasteiger partial charge is 0.481 e. The molecule has 0 spiro atoms. The maximum absolute atomic E-state index is 12.2. The fraction of sp³-hybridized carbons (Fsp3) is 0.385. The SMILES string of the molecule is O=C(O)[C@@H]1CCCN(C(=O)Nc2cc(Br)ccc2Br)C1. The van der Waals surface area contributed by atoms with Gasteiger partial charge in [-0.05, 0) is 47.0 Å². The number of urea groups is 1. The van der Waals surface area contributed by atoms with Crippen LogP contribution in [0.25, 0.3) is 0 Å². The number of rotatable bonds is 2. The Balaban J connectivity index is 2.04. The summed E-state index contributed by atoms with van der Waals surface area (Å²) in [7, 11) is 0. The maximum atomic E-state index is 12.2. The summed E-state index contributed by atoms with van der Waals surface area (Å²) >= 11 is 6.72. The molecule has 2 amide bonds. The van der Waals surface area contributed by atoms with Gasteiger partial charge >= 0.3 is 12.0 Å². The lowest BCUT2D eigenvalue weighted by molar-refractivity contribution is -0.143. The number of nitrogens with zero attached hydrogens (tertiary/aromatic N) is 1. The summed E-state index contributed by atoms with van der Waals surface area (Å²) in [5.74, 6) is -1.31. The number of carbonyl (C=O) groups excluding carboxylic acids is 1. The molecule has 1 aliphatic heterocycles. The Hall–Kier alpha value is -1.08. The van der Waals surface area contributed by atoms with Crippen LogP contribution in [0.1, 0.15) is 12.8 Å². The molecule has 0 unspecified atom stereocenters. The van der Waals surface area contributed by atoms with E-state index in [1.165, 1.54) is 0 Å². The summed E-state index contributed by atoms with van der Waals surface area (Å²) in [4.78, 5) is 24.7. The molecule has 2 N–H and O–H groups in total. The Kier molecular flexibility index (Phi) is 5.04. The third-order valence-electron chi connectivity index (χ3n) is 3.23. The molecule has 1 aromatic carbocycles. The van der Waals surface area contributed by atoms with Crippen molar-refractivity contribution >= 4 is 49.5 Å². The van der Waals surface area contributed by atoms with Crippen LogP contribution < -0.4 is 5.32 Å². The van der Waals surface area contributed by atoms with E-state index in [0.717, 1.165) is 8.95 Å². The van der Waals surface area contributed by atoms with Gasteiger partial charge in [0.2, 0.25) is 0 Å². The highest BCUT2D eigenvalue weighted by Crippen LogP contribution is 2.27. The summed E-state index contributed by atoms with van der Waals surface area (Å²) in [6.45, 7) is 0.841. The molecule has 1 fully saturated rings. The van der Waals surface area contributed by atoms with Crippen molar-refractivity contribution in [3.8, 4) is 0 Å². The van der Waals surface area contributed by atoms with Crippen molar-refractivity contribution in [2.24, 2.45) is 5.92 Å². The Labute approximate surface area is 133 Å². The smallest absolute Gasteiger partial charge is 0.321 e. The van der Waals surface area contributed by atoms with E-state index in [9.17, 15) is 9.59 Å². The van der Waals surface area contributed by atoms with Crippen LogP contribution in [-0.2, 0) is 4.79 Å². The summed E-state index contributed by atoms with van der Waals surface area (Å²) in [5, 5.41) is 11.8. The fourth-order valence-corrected chi connectivity index (χ4v) is 2.86. The summed E-state index contributed by atoms with van der Waals surface area (Å²) < 4.78 is 1.64. The highest BCUT2D eigenvalue weighted by atomic mass is 79.9. The van der Waals surface area contributed by atoms with Gasteiger partial charge in [0.25, 0.3) is 0 Å². The first-order valence-electron chi connectivity index (χ1n) is 6.21. The number of nitrogens with one attached hydrogen (secondary N) is 1. The number of hydrogen-bond acceptors (Lipinski definition) is 2. The second-order valence-corrected chi connectivity index (χ2v) is 6.45. The van der Waals surface area contributed by atoms with Crippen LogP contribution >= 0.6 is 31.9 Å². The van der Waals surface area contributed by atoms with Crippen LogP contribution in [0.15, 0.2) is 27.1 Å². The van der Waals surface area contributed by atoms with Crippen LogP contribution in [0.5, 0.6) is 0 Å². The monoisotopic (exact) mass is 404 g/mol. The molecular weight excluding hydrogens is 392 g/mol. The highest BCUT2D eigenvalue weighted by Gasteiger charge is 2.28. The van der Waals surface area contributed by atoms with Crippen molar-refractivity contribution in [3.05, 3.63) is 27.1 Å². The zero-order valence-corrected chi connectivity index (χ0v) is 13.8. The van der Waals surface area contributed by atoms with Crippen molar-refractivity contribution in [2.45, 2.75) is 12.8 Å². The van der Waals surface area contributed by atoms with Crippen molar-refractivity contribution < 1.29 is 14.7 Å². The molecule has 1 saturated heterocycles. The zero-order chi connectivity index (χ0) is 14.7. The van der Waals surface area contributed by atoms with Crippen molar-refractivity contribution in [2.75, 3.05) is 18.4 Å². The number of piperidine rings is 1. The Morgan fingerprint density at radius 1 is 1.35 bits per heavy atom. The predicted molar refractivity (Wildman–Crippen MR) is 82.8 cm³/mol. The van der Waals surface area contributed by atoms with Gasteiger partial charge in [-0.2, -0.15) is 0 Å². The molecule has 0 radical (unpaired) electrons. The topological polar surface area (TPSA) is 69.6 Å². The van der Waals surface area contributed by atoms with E-state index in [4.69, 9.17) is 5.11 Å². The molecule has 5 nitrogen and oxygen atoms in total. The van der Waals surface area contributed by atoms with Crippen LogP contribution in [-0.4, -0.2) is 35.1 Å². The van der Waals surface area contributed by atoms with Gasteiger partial charge in [-0.15, -0.1) is 0 Å². The van der Waals surface area contributed by atoms with E-state index in [-0.39, 0.29) is 12.6 Å². The van der Waals surface area contributed by atoms with Crippen LogP contribution in [0.4, 0.5) is 10.5 Å². The number of halogens is 2. The lowest BCUT2D eigenvalue weighted by Gasteiger charge is -2.30. The normalized spacial score (nSPS) is 18.7. The van der Waals surface area contributed by atoms with E-state index < -0.39 is 11.9 Å². The van der Waals surface area contributed by atoms with E-state index in [2.05, 4.69) is 37.2 Å². The average Bonchev–Trinajstić information content (AvgIpc) is 2.43. The van der Waals surface area contributed by atoms with Crippen LogP contribution in [0, 0.1) is 5.92 Å². The van der Waals surface area contributed by atoms with Crippen LogP contribution in [0.3, 0.4) is 0 Å². The summed E-state index contributed by atoms with van der Waals surface area (Å²) in [6.07, 6.45) is 1.34. The number of carboxylic acid groups (broad SMARTS) is 1. The number of amides is 2. The highest BCUT2D eigenvalue weighted by molar-refractivity contribution is 9.11. The number of carbonyl (C=O) groups is 2. The van der Waals surface area contributed by atoms with E-state index in [1.54, 1.807) is 11.0 Å². The van der Waals surface area contributed by atoms with Crippen LogP contribution in [0.2, 0.25) is 0 Å². The molecule has 1 atom stereocenters. The maximum Gasteiger partial charge on any atom is 0.321 e. The Morgan fingerprint density at radius 3 is 2.80 bits per heavy atom. The van der Waals surface area contributed by atoms with E-state index in [0.29, 0.717) is 25.1 Å². The second kappa shape index (κ2) is 6.58. The molecule has 0 saturated carbocycles. The molecule has 20 heavy (non-hydrogen) atoms. The lowest BCUT2D eigenvalue weighted by Crippen LogP contribution is -2.44. The number of benzene rings is 1. The predicted octanol–water partition coefficient (Wildman–Crippen LogP) is 3.54. The molecule has 2 rings (SSSR count). The van der Waals surface area contributed by atoms with E-state index in [1.807, 2.05) is 12.1 Å². The van der Waals surface area contributed by atoms with Gasteiger partial charge in [-0.25, -0.2) is 4.79 Å². The minimum absolute atomic E-state index is 0.257. The van der Waals surface area contributed by atoms with Gasteiger partial charge < -0.3 is 15.3 Å². The fourth-order valence-electron chi connectivity index (χ4n) is 2.15. The standard InChI is InChI=1S/C13H14Br2N2O3/c14-9-3-4-10(15)11(6-9)16-13(20)17-5-1-2-8(7-17)12(18)19/h3-4,6,8H,1-2,5,7H2,(H,16,20)(H,18,19)/t8-/m1/s1. The molecular formula is C13H14Br2N2O3. The minimum atomic E-state index is -0.842. The Bertz CT molecular complexity index is 536. The third-order valence-corrected chi connectivity index (χ3v) is 4.41. The molecule has 108 valence electrons. The van der Waals surface area contributed by atoms with Crippen molar-refractivity contribution in [1.82, 2.24) is 4.90 Å². The zero-order valence-electron chi connectivity index (χ0n) is 10.6. The van der Waals surface area contributed by atoms with Crippen molar-refractivity contribution in [3.63, 3.8) is 0 Å². The summed E-state index contributed by atoms with van der Waals surface area (Å²) in [6, 6.07) is 5.22. The number of hydrogen-bond donors (Lipinski definition) is 2. The number of anilines is 1. The number of carboxylic acids is 1. The molecule has 0 aliphatic carbocycles. The molecule has 7 heteroatoms. The van der Waals surface area contributed by atoms with E-state index >= 15 is 0 Å². The van der Waals surface area contributed by atoms with Gasteiger partial charge in [0, 0.05) is 22.0 Å². The lowest BCUT2D eigenvalue weighted by atomic mass is 9.99. The molecule has 1 aliphatic rings. The Morgan fingerprint density at radius 2 is 2.10 bits per heavy atom. The molecule has 1 heterocycles. The average molecular weight is 406 g/mol. The van der Waals surface area contributed by atoms with Gasteiger partial charge in [-0.3, -0.25) is 4.79 Å². The quantitative estimate of drug-likeness (QED) is 0.790. The second-order valence-electron chi connectivity index (χ2n) is 4.68. The van der Waals surface area contributed by atoms with Crippen molar-refractivity contribution in [1.29, 1.82) is 0 Å². The molecule has 0 aromatic heterocycles. The third kappa shape index (κ3) is 3.73. The van der Waals surface area contributed by atoms with Gasteiger partial charge in [0.05, 0.1) is 11.6 Å². The van der Waals surface area contributed by atoms with Gasteiger partial charge in [0.1, 0.15) is 0 Å².